The van der Waals surface area contributed by atoms with Gasteiger partial charge in [0.25, 0.3) is 0 Å². The largest absolute Gasteiger partial charge is 0.480 e. The van der Waals surface area contributed by atoms with E-state index in [4.69, 9.17) is 9.84 Å². The number of carbonyl (C=O) groups is 2. The van der Waals surface area contributed by atoms with E-state index < -0.39 is 36.7 Å². The third kappa shape index (κ3) is 2.87. The van der Waals surface area contributed by atoms with Gasteiger partial charge in [-0.2, -0.15) is 13.2 Å². The molecule has 1 saturated heterocycles. The molecule has 1 rings (SSSR count). The topological polar surface area (TPSA) is 66.8 Å². The Morgan fingerprint density at radius 3 is 2.41 bits per heavy atom. The van der Waals surface area contributed by atoms with Crippen molar-refractivity contribution in [3.63, 3.8) is 0 Å². The van der Waals surface area contributed by atoms with Gasteiger partial charge in [-0.15, -0.1) is 0 Å². The lowest BCUT2D eigenvalue weighted by Crippen LogP contribution is -2.60. The zero-order chi connectivity index (χ0) is 13.2. The number of aliphatic carboxylic acids is 1. The van der Waals surface area contributed by atoms with Gasteiger partial charge in [0, 0.05) is 0 Å². The van der Waals surface area contributed by atoms with Crippen LogP contribution in [-0.4, -0.2) is 53.4 Å². The molecule has 1 heterocycles. The minimum atomic E-state index is -5.07. The van der Waals surface area contributed by atoms with Gasteiger partial charge in [-0.25, -0.2) is 4.79 Å². The molecular formula is C9H12F3NO4. The fourth-order valence-electron chi connectivity index (χ4n) is 1.69. The number of alkyl halides is 3. The van der Waals surface area contributed by atoms with E-state index in [9.17, 15) is 22.8 Å². The van der Waals surface area contributed by atoms with Gasteiger partial charge in [-0.1, -0.05) is 6.92 Å². The highest BCUT2D eigenvalue weighted by Crippen LogP contribution is 2.25. The molecule has 0 aromatic heterocycles. The van der Waals surface area contributed by atoms with Crippen molar-refractivity contribution in [3.8, 4) is 0 Å². The fraction of sp³-hybridized carbons (Fsp3) is 0.778. The standard InChI is InChI=1S/C9H12F3NO4/c1-2-5-3-17-4-6(7(14)15)13(5)8(16)9(10,11)12/h5-6H,2-4H2,1H3,(H,14,15)/t5-,6-/m1/s1. The zero-order valence-electron chi connectivity index (χ0n) is 9.03. The number of hydrogen-bond acceptors (Lipinski definition) is 3. The number of rotatable bonds is 2. The van der Waals surface area contributed by atoms with E-state index in [1.54, 1.807) is 6.92 Å². The van der Waals surface area contributed by atoms with E-state index >= 15 is 0 Å². The van der Waals surface area contributed by atoms with Crippen molar-refractivity contribution in [1.82, 2.24) is 4.90 Å². The monoisotopic (exact) mass is 255 g/mol. The summed E-state index contributed by atoms with van der Waals surface area (Å²) >= 11 is 0. The van der Waals surface area contributed by atoms with Crippen LogP contribution in [0.5, 0.6) is 0 Å². The fourth-order valence-corrected chi connectivity index (χ4v) is 1.69. The summed E-state index contributed by atoms with van der Waals surface area (Å²) in [5, 5.41) is 8.80. The molecule has 1 amide bonds. The summed E-state index contributed by atoms with van der Waals surface area (Å²) < 4.78 is 42.0. The maximum absolute atomic E-state index is 12.4. The first-order valence-corrected chi connectivity index (χ1v) is 4.99. The Bertz CT molecular complexity index is 318. The smallest absolute Gasteiger partial charge is 0.471 e. The van der Waals surface area contributed by atoms with Gasteiger partial charge in [-0.05, 0) is 6.42 Å². The molecule has 0 aliphatic carbocycles. The highest BCUT2D eigenvalue weighted by molar-refractivity contribution is 5.87. The lowest BCUT2D eigenvalue weighted by atomic mass is 10.1. The normalized spacial score (nSPS) is 25.8. The van der Waals surface area contributed by atoms with E-state index in [2.05, 4.69) is 0 Å². The van der Waals surface area contributed by atoms with Crippen LogP contribution >= 0.6 is 0 Å². The number of amides is 1. The summed E-state index contributed by atoms with van der Waals surface area (Å²) in [6, 6.07) is -2.44. The zero-order valence-corrected chi connectivity index (χ0v) is 9.03. The van der Waals surface area contributed by atoms with Crippen molar-refractivity contribution in [3.05, 3.63) is 0 Å². The Hall–Kier alpha value is -1.31. The first kappa shape index (κ1) is 13.8. The van der Waals surface area contributed by atoms with Crippen LogP contribution in [0.25, 0.3) is 0 Å². The summed E-state index contributed by atoms with van der Waals surface area (Å²) in [5.74, 6) is -3.62. The number of morpholine rings is 1. The van der Waals surface area contributed by atoms with Gasteiger partial charge in [0.05, 0.1) is 19.3 Å². The molecule has 0 unspecified atom stereocenters. The van der Waals surface area contributed by atoms with Crippen LogP contribution in [-0.2, 0) is 14.3 Å². The maximum Gasteiger partial charge on any atom is 0.471 e. The number of ether oxygens (including phenoxy) is 1. The molecule has 2 atom stereocenters. The summed E-state index contributed by atoms with van der Waals surface area (Å²) in [4.78, 5) is 22.4. The molecular weight excluding hydrogens is 243 g/mol. The minimum absolute atomic E-state index is 0.0813. The van der Waals surface area contributed by atoms with Crippen LogP contribution in [0.3, 0.4) is 0 Å². The summed E-state index contributed by atoms with van der Waals surface area (Å²) in [7, 11) is 0. The van der Waals surface area contributed by atoms with Crippen LogP contribution in [0.1, 0.15) is 13.3 Å². The van der Waals surface area contributed by atoms with Gasteiger partial charge in [0.2, 0.25) is 0 Å². The molecule has 98 valence electrons. The molecule has 0 aromatic rings. The highest BCUT2D eigenvalue weighted by Gasteiger charge is 2.49. The number of carboxylic acids is 1. The maximum atomic E-state index is 12.4. The molecule has 0 aromatic carbocycles. The molecule has 1 aliphatic heterocycles. The van der Waals surface area contributed by atoms with E-state index in [1.165, 1.54) is 0 Å². The van der Waals surface area contributed by atoms with E-state index in [0.29, 0.717) is 4.90 Å². The van der Waals surface area contributed by atoms with E-state index in [0.717, 1.165) is 0 Å². The van der Waals surface area contributed by atoms with Gasteiger partial charge in [0.15, 0.2) is 6.04 Å². The Morgan fingerprint density at radius 1 is 1.41 bits per heavy atom. The van der Waals surface area contributed by atoms with E-state index in [-0.39, 0.29) is 13.0 Å². The summed E-state index contributed by atoms with van der Waals surface area (Å²) in [6.45, 7) is 1.06. The number of nitrogens with zero attached hydrogens (tertiary/aromatic N) is 1. The lowest BCUT2D eigenvalue weighted by molar-refractivity contribution is -0.200. The second-order valence-corrected chi connectivity index (χ2v) is 3.66. The molecule has 1 fully saturated rings. The Labute approximate surface area is 95.1 Å². The third-order valence-electron chi connectivity index (χ3n) is 2.55. The molecule has 1 aliphatic rings. The van der Waals surface area contributed by atoms with Crippen LogP contribution in [0.15, 0.2) is 0 Å². The van der Waals surface area contributed by atoms with Gasteiger partial charge in [0.1, 0.15) is 0 Å². The minimum Gasteiger partial charge on any atom is -0.480 e. The number of halogens is 3. The first-order valence-electron chi connectivity index (χ1n) is 4.99. The Kier molecular flexibility index (Phi) is 3.97. The molecule has 8 heteroatoms. The van der Waals surface area contributed by atoms with Crippen molar-refractivity contribution in [1.29, 1.82) is 0 Å². The predicted molar refractivity (Wildman–Crippen MR) is 49.2 cm³/mol. The second kappa shape index (κ2) is 4.91. The van der Waals surface area contributed by atoms with E-state index in [1.807, 2.05) is 0 Å². The Balaban J connectivity index is 3.00. The van der Waals surface area contributed by atoms with Crippen LogP contribution in [0, 0.1) is 0 Å². The average Bonchev–Trinajstić information content (AvgIpc) is 2.25. The number of carboxylic acid groups (broad SMARTS) is 1. The van der Waals surface area contributed by atoms with Crippen molar-refractivity contribution in [2.45, 2.75) is 31.6 Å². The van der Waals surface area contributed by atoms with Gasteiger partial charge < -0.3 is 14.7 Å². The summed E-state index contributed by atoms with van der Waals surface area (Å²) in [6.07, 6.45) is -4.87. The molecule has 1 N–H and O–H groups in total. The molecule has 0 radical (unpaired) electrons. The second-order valence-electron chi connectivity index (χ2n) is 3.66. The third-order valence-corrected chi connectivity index (χ3v) is 2.55. The quantitative estimate of drug-likeness (QED) is 0.786. The highest BCUT2D eigenvalue weighted by atomic mass is 19.4. The van der Waals surface area contributed by atoms with Crippen LogP contribution < -0.4 is 0 Å². The summed E-state index contributed by atoms with van der Waals surface area (Å²) in [5.41, 5.74) is 0. The van der Waals surface area contributed by atoms with Crippen LogP contribution in [0.4, 0.5) is 13.2 Å². The van der Waals surface area contributed by atoms with Crippen molar-refractivity contribution in [2.75, 3.05) is 13.2 Å². The SMILES string of the molecule is CC[C@@H]1COC[C@H](C(=O)O)N1C(=O)C(F)(F)F. The van der Waals surface area contributed by atoms with Crippen molar-refractivity contribution < 1.29 is 32.6 Å². The Morgan fingerprint density at radius 2 is 2.00 bits per heavy atom. The predicted octanol–water partition coefficient (Wildman–Crippen LogP) is 0.639. The van der Waals surface area contributed by atoms with Crippen LogP contribution in [0.2, 0.25) is 0 Å². The van der Waals surface area contributed by atoms with Gasteiger partial charge >= 0.3 is 18.1 Å². The molecule has 0 bridgehead atoms. The molecule has 0 spiro atoms. The lowest BCUT2D eigenvalue weighted by Gasteiger charge is -2.39. The number of hydrogen-bond donors (Lipinski definition) is 1. The first-order chi connectivity index (χ1) is 7.79. The number of carbonyl (C=O) groups excluding carboxylic acids is 1. The molecule has 17 heavy (non-hydrogen) atoms. The average molecular weight is 255 g/mol. The van der Waals surface area contributed by atoms with Gasteiger partial charge in [-0.3, -0.25) is 4.79 Å². The molecule has 5 nitrogen and oxygen atoms in total. The molecule has 0 saturated carbocycles. The van der Waals surface area contributed by atoms with Crippen molar-refractivity contribution >= 4 is 11.9 Å². The van der Waals surface area contributed by atoms with Crippen molar-refractivity contribution in [2.24, 2.45) is 0 Å².